The number of benzene rings is 1. The molecule has 1 rings (SSSR count). The molecule has 1 unspecified atom stereocenters. The molecule has 0 aliphatic heterocycles. The lowest BCUT2D eigenvalue weighted by atomic mass is 10.2. The molecular formula is C10H15NOPS2+. The average molecular weight is 260 g/mol. The fourth-order valence-electron chi connectivity index (χ4n) is 1.02. The molecule has 0 spiro atoms. The predicted molar refractivity (Wildman–Crippen MR) is 72.1 cm³/mol. The van der Waals surface area contributed by atoms with Crippen molar-refractivity contribution in [1.82, 2.24) is 4.67 Å². The van der Waals surface area contributed by atoms with Gasteiger partial charge in [0.2, 0.25) is 11.8 Å². The molecule has 15 heavy (non-hydrogen) atoms. The van der Waals surface area contributed by atoms with Crippen molar-refractivity contribution in [2.24, 2.45) is 0 Å². The summed E-state index contributed by atoms with van der Waals surface area (Å²) in [6, 6.07) is 10.1. The Labute approximate surface area is 103 Å². The Morgan fingerprint density at radius 3 is 2.53 bits per heavy atom. The predicted octanol–water partition coefficient (Wildman–Crippen LogP) is 3.01. The van der Waals surface area contributed by atoms with Crippen molar-refractivity contribution < 1.29 is 4.52 Å². The van der Waals surface area contributed by atoms with Crippen LogP contribution in [0.5, 0.6) is 0 Å². The number of hydrogen-bond donors (Lipinski definition) is 1. The monoisotopic (exact) mass is 260 g/mol. The quantitative estimate of drug-likeness (QED) is 0.646. The van der Waals surface area contributed by atoms with Gasteiger partial charge in [0.25, 0.3) is 0 Å². The Hall–Kier alpha value is 0.0100. The minimum Gasteiger partial charge on any atom is -0.168 e. The number of rotatable bonds is 5. The summed E-state index contributed by atoms with van der Waals surface area (Å²) in [5.41, 5.74) is 1.16. The van der Waals surface area contributed by atoms with E-state index in [9.17, 15) is 0 Å². The summed E-state index contributed by atoms with van der Waals surface area (Å²) in [6.45, 7) is 0.556. The van der Waals surface area contributed by atoms with Crippen molar-refractivity contribution in [2.45, 2.75) is 5.25 Å². The van der Waals surface area contributed by atoms with Crippen LogP contribution < -0.4 is 0 Å². The third kappa shape index (κ3) is 4.58. The summed E-state index contributed by atoms with van der Waals surface area (Å²) in [7, 11) is 2.96. The maximum absolute atomic E-state index is 5.55. The third-order valence-electron chi connectivity index (χ3n) is 1.85. The van der Waals surface area contributed by atoms with Crippen LogP contribution in [0.3, 0.4) is 0 Å². The topological polar surface area (TPSA) is 12.5 Å². The molecule has 0 amide bonds. The van der Waals surface area contributed by atoms with Gasteiger partial charge in [-0.25, -0.2) is 0 Å². The SMILES string of the molecule is CN(C)[P+](=S)OC[C@@H](S)c1ccccc1. The van der Waals surface area contributed by atoms with Crippen LogP contribution in [0.1, 0.15) is 10.8 Å². The van der Waals surface area contributed by atoms with Crippen LogP contribution in [-0.2, 0) is 16.3 Å². The molecule has 0 saturated heterocycles. The Morgan fingerprint density at radius 2 is 2.00 bits per heavy atom. The second kappa shape index (κ2) is 6.56. The molecule has 0 saturated carbocycles. The van der Waals surface area contributed by atoms with Gasteiger partial charge in [0.1, 0.15) is 6.61 Å². The zero-order valence-corrected chi connectivity index (χ0v) is 11.4. The first-order valence-electron chi connectivity index (χ1n) is 4.61. The van der Waals surface area contributed by atoms with Gasteiger partial charge in [-0.2, -0.15) is 17.2 Å². The maximum atomic E-state index is 5.55. The van der Waals surface area contributed by atoms with Gasteiger partial charge in [0, 0.05) is 14.1 Å². The Morgan fingerprint density at radius 1 is 1.40 bits per heavy atom. The minimum absolute atomic E-state index is 0.0964. The molecule has 0 aliphatic rings. The summed E-state index contributed by atoms with van der Waals surface area (Å²) in [4.78, 5) is 0. The highest BCUT2D eigenvalue weighted by molar-refractivity contribution is 8.01. The number of hydrogen-bond acceptors (Lipinski definition) is 3. The van der Waals surface area contributed by atoms with Gasteiger partial charge in [0.05, 0.1) is 5.25 Å². The number of nitrogens with zero attached hydrogens (tertiary/aromatic N) is 1. The summed E-state index contributed by atoms with van der Waals surface area (Å²) >= 11 is 9.65. The minimum atomic E-state index is -0.895. The van der Waals surface area contributed by atoms with E-state index >= 15 is 0 Å². The molecule has 82 valence electrons. The van der Waals surface area contributed by atoms with E-state index in [1.54, 1.807) is 0 Å². The smallest absolute Gasteiger partial charge is 0.168 e. The lowest BCUT2D eigenvalue weighted by Crippen LogP contribution is -2.05. The van der Waals surface area contributed by atoms with E-state index in [0.717, 1.165) is 5.56 Å². The molecule has 5 heteroatoms. The Kier molecular flexibility index (Phi) is 5.72. The van der Waals surface area contributed by atoms with E-state index in [2.05, 4.69) is 12.6 Å². The van der Waals surface area contributed by atoms with E-state index < -0.39 is 7.07 Å². The van der Waals surface area contributed by atoms with Gasteiger partial charge in [-0.3, -0.25) is 0 Å². The lowest BCUT2D eigenvalue weighted by molar-refractivity contribution is 0.341. The maximum Gasteiger partial charge on any atom is 0.441 e. The van der Waals surface area contributed by atoms with Crippen LogP contribution in [-0.4, -0.2) is 25.4 Å². The van der Waals surface area contributed by atoms with Crippen LogP contribution in [0.4, 0.5) is 0 Å². The molecular weight excluding hydrogens is 245 g/mol. The molecule has 0 fully saturated rings. The van der Waals surface area contributed by atoms with Crippen molar-refractivity contribution in [3.8, 4) is 0 Å². The van der Waals surface area contributed by atoms with Gasteiger partial charge in [-0.15, -0.1) is 0 Å². The highest BCUT2D eigenvalue weighted by atomic mass is 32.4. The van der Waals surface area contributed by atoms with Crippen molar-refractivity contribution >= 4 is 31.5 Å². The van der Waals surface area contributed by atoms with E-state index in [1.165, 1.54) is 0 Å². The van der Waals surface area contributed by atoms with Crippen molar-refractivity contribution in [3.05, 3.63) is 35.9 Å². The van der Waals surface area contributed by atoms with E-state index in [1.807, 2.05) is 49.1 Å². The first-order valence-corrected chi connectivity index (χ1v) is 7.36. The second-order valence-electron chi connectivity index (χ2n) is 3.31. The van der Waals surface area contributed by atoms with Gasteiger partial charge in [-0.1, -0.05) is 35.0 Å². The molecule has 0 aliphatic carbocycles. The zero-order valence-electron chi connectivity index (χ0n) is 8.83. The summed E-state index contributed by atoms with van der Waals surface area (Å²) in [5, 5.41) is 0.0964. The normalized spacial score (nSPS) is 14.0. The van der Waals surface area contributed by atoms with Crippen LogP contribution in [0.2, 0.25) is 0 Å². The second-order valence-corrected chi connectivity index (χ2v) is 6.40. The first-order chi connectivity index (χ1) is 7.11. The number of thiol groups is 1. The lowest BCUT2D eigenvalue weighted by Gasteiger charge is -2.07. The van der Waals surface area contributed by atoms with Crippen molar-refractivity contribution in [3.63, 3.8) is 0 Å². The summed E-state index contributed by atoms with van der Waals surface area (Å²) in [5.74, 6) is 0. The third-order valence-corrected chi connectivity index (χ3v) is 4.62. The van der Waals surface area contributed by atoms with Gasteiger partial charge >= 0.3 is 7.07 Å². The van der Waals surface area contributed by atoms with Gasteiger partial charge in [-0.05, 0) is 5.56 Å². The molecule has 2 atom stereocenters. The molecule has 0 N–H and O–H groups in total. The van der Waals surface area contributed by atoms with Crippen LogP contribution in [0.15, 0.2) is 30.3 Å². The van der Waals surface area contributed by atoms with E-state index in [4.69, 9.17) is 16.3 Å². The molecule has 2 nitrogen and oxygen atoms in total. The largest absolute Gasteiger partial charge is 0.441 e. The van der Waals surface area contributed by atoms with Crippen LogP contribution in [0.25, 0.3) is 0 Å². The van der Waals surface area contributed by atoms with Gasteiger partial charge in [0.15, 0.2) is 0 Å². The Bertz CT molecular complexity index is 318. The fourth-order valence-corrected chi connectivity index (χ4v) is 2.08. The Balaban J connectivity index is 2.44. The van der Waals surface area contributed by atoms with E-state index in [0.29, 0.717) is 6.61 Å². The molecule has 0 bridgehead atoms. The highest BCUT2D eigenvalue weighted by Crippen LogP contribution is 2.29. The summed E-state index contributed by atoms with van der Waals surface area (Å²) < 4.78 is 7.46. The van der Waals surface area contributed by atoms with Crippen LogP contribution >= 0.6 is 19.7 Å². The fraction of sp³-hybridized carbons (Fsp3) is 0.400. The molecule has 1 aromatic rings. The summed E-state index contributed by atoms with van der Waals surface area (Å²) in [6.07, 6.45) is 0. The first kappa shape index (κ1) is 13.1. The molecule has 1 aromatic carbocycles. The zero-order chi connectivity index (χ0) is 11.3. The van der Waals surface area contributed by atoms with Gasteiger partial charge < -0.3 is 0 Å². The molecule has 0 heterocycles. The highest BCUT2D eigenvalue weighted by Gasteiger charge is 2.18. The standard InChI is InChI=1S/C10H14NOPS2/c1-11(2)13(15)12-8-10(14)9-6-4-3-5-7-9/h3-7,10H,8H2,1-2H3/p+1/t10-/m1/s1. The van der Waals surface area contributed by atoms with Crippen LogP contribution in [0, 0.1) is 0 Å². The molecule has 0 radical (unpaired) electrons. The van der Waals surface area contributed by atoms with Crippen molar-refractivity contribution in [1.29, 1.82) is 0 Å². The average Bonchev–Trinajstić information content (AvgIpc) is 2.26. The molecule has 0 aromatic heterocycles. The van der Waals surface area contributed by atoms with Crippen molar-refractivity contribution in [2.75, 3.05) is 20.7 Å². The van der Waals surface area contributed by atoms with E-state index in [-0.39, 0.29) is 5.25 Å².